The Hall–Kier alpha value is -2.82. The number of aromatic amines is 2. The van der Waals surface area contributed by atoms with Gasteiger partial charge in [-0.25, -0.2) is 13.8 Å². The number of anilines is 1. The average molecular weight is 382 g/mol. The minimum absolute atomic E-state index is 0.0486. The molecule has 3 aromatic rings. The Morgan fingerprint density at radius 1 is 1.15 bits per heavy atom. The van der Waals surface area contributed by atoms with Crippen LogP contribution in [0.4, 0.5) is 14.7 Å². The molecule has 0 spiro atoms. The molecule has 3 heterocycles. The van der Waals surface area contributed by atoms with Crippen molar-refractivity contribution in [3.63, 3.8) is 0 Å². The summed E-state index contributed by atoms with van der Waals surface area (Å²) >= 11 is 1.25. The first kappa shape index (κ1) is 18.0. The molecule has 3 rings (SSSR count). The van der Waals surface area contributed by atoms with E-state index in [4.69, 9.17) is 9.47 Å². The van der Waals surface area contributed by atoms with Crippen LogP contribution in [0.25, 0.3) is 11.4 Å². The quantitative estimate of drug-likeness (QED) is 0.515. The lowest BCUT2D eigenvalue weighted by molar-refractivity contribution is 0.146. The van der Waals surface area contributed by atoms with E-state index in [9.17, 15) is 8.78 Å². The van der Waals surface area contributed by atoms with Gasteiger partial charge in [-0.15, -0.1) is 0 Å². The molecule has 3 N–H and O–H groups in total. The summed E-state index contributed by atoms with van der Waals surface area (Å²) in [7, 11) is 2.72. The second kappa shape index (κ2) is 8.04. The number of imidazole rings is 1. The van der Waals surface area contributed by atoms with Crippen LogP contribution < -0.4 is 14.2 Å². The van der Waals surface area contributed by atoms with Gasteiger partial charge in [-0.1, -0.05) is 0 Å². The van der Waals surface area contributed by atoms with E-state index in [1.807, 2.05) is 6.07 Å². The first-order valence-electron chi connectivity index (χ1n) is 7.47. The summed E-state index contributed by atoms with van der Waals surface area (Å²) in [5, 5.41) is 0. The predicted octanol–water partition coefficient (Wildman–Crippen LogP) is 3.14. The molecular weight excluding hydrogens is 366 g/mol. The molecule has 138 valence electrons. The topological polar surface area (TPSA) is 101 Å². The number of nitrogens with zero attached hydrogens (tertiary/aromatic N) is 3. The van der Waals surface area contributed by atoms with E-state index < -0.39 is 12.8 Å². The maximum atomic E-state index is 12.7. The zero-order chi connectivity index (χ0) is 18.5. The highest BCUT2D eigenvalue weighted by Gasteiger charge is 2.20. The Morgan fingerprint density at radius 3 is 2.46 bits per heavy atom. The van der Waals surface area contributed by atoms with Gasteiger partial charge in [-0.3, -0.25) is 4.72 Å². The Kier molecular flexibility index (Phi) is 5.56. The van der Waals surface area contributed by atoms with Gasteiger partial charge >= 0.3 is 0 Å². The van der Waals surface area contributed by atoms with Gasteiger partial charge in [0.1, 0.15) is 0 Å². The zero-order valence-electron chi connectivity index (χ0n) is 13.9. The Morgan fingerprint density at radius 2 is 1.88 bits per heavy atom. The number of nitrogens with one attached hydrogen (secondary N) is 3. The predicted molar refractivity (Wildman–Crippen MR) is 92.7 cm³/mol. The van der Waals surface area contributed by atoms with Crippen molar-refractivity contribution in [3.05, 3.63) is 30.4 Å². The zero-order valence-corrected chi connectivity index (χ0v) is 14.7. The number of hydrogen-bond acceptors (Lipinski definition) is 7. The summed E-state index contributed by atoms with van der Waals surface area (Å²) in [6, 6.07) is 1.91. The molecule has 3 aromatic heterocycles. The van der Waals surface area contributed by atoms with Gasteiger partial charge in [-0.2, -0.15) is 9.97 Å². The van der Waals surface area contributed by atoms with E-state index in [0.29, 0.717) is 0 Å². The molecule has 0 atom stereocenters. The molecule has 0 bridgehead atoms. The number of ether oxygens (including phenoxy) is 2. The molecule has 8 nitrogen and oxygen atoms in total. The number of halogens is 2. The van der Waals surface area contributed by atoms with Gasteiger partial charge in [0, 0.05) is 17.5 Å². The maximum Gasteiger partial charge on any atom is 0.243 e. The van der Waals surface area contributed by atoms with E-state index >= 15 is 0 Å². The fourth-order valence-corrected chi connectivity index (χ4v) is 2.85. The van der Waals surface area contributed by atoms with Crippen molar-refractivity contribution in [2.24, 2.45) is 0 Å². The number of methoxy groups -OCH3 is 2. The smallest absolute Gasteiger partial charge is 0.243 e. The summed E-state index contributed by atoms with van der Waals surface area (Å²) in [6.45, 7) is 0. The summed E-state index contributed by atoms with van der Waals surface area (Å²) in [4.78, 5) is 19.2. The first-order chi connectivity index (χ1) is 12.6. The number of alkyl halides is 2. The Balaban J connectivity index is 1.75. The van der Waals surface area contributed by atoms with Crippen LogP contribution in [0, 0.1) is 0 Å². The van der Waals surface area contributed by atoms with Crippen LogP contribution in [0.1, 0.15) is 5.56 Å². The van der Waals surface area contributed by atoms with Crippen molar-refractivity contribution >= 4 is 17.9 Å². The number of hydrogen-bond donors (Lipinski definition) is 3. The molecule has 0 aliphatic rings. The van der Waals surface area contributed by atoms with Crippen LogP contribution in [-0.2, 0) is 6.42 Å². The van der Waals surface area contributed by atoms with Crippen LogP contribution in [0.5, 0.6) is 11.8 Å². The van der Waals surface area contributed by atoms with Crippen molar-refractivity contribution in [1.29, 1.82) is 0 Å². The van der Waals surface area contributed by atoms with Crippen LogP contribution in [0.3, 0.4) is 0 Å². The first-order valence-corrected chi connectivity index (χ1v) is 8.29. The molecule has 0 saturated carbocycles. The number of rotatable bonds is 8. The van der Waals surface area contributed by atoms with E-state index in [1.54, 1.807) is 18.7 Å². The van der Waals surface area contributed by atoms with Gasteiger partial charge in [-0.05, 0) is 18.0 Å². The molecule has 0 amide bonds. The third kappa shape index (κ3) is 4.04. The van der Waals surface area contributed by atoms with Crippen molar-refractivity contribution in [2.75, 3.05) is 18.9 Å². The van der Waals surface area contributed by atoms with Crippen molar-refractivity contribution in [2.45, 2.75) is 17.7 Å². The summed E-state index contributed by atoms with van der Waals surface area (Å²) in [6.07, 6.45) is 1.98. The molecule has 11 heteroatoms. The molecule has 0 aliphatic carbocycles. The van der Waals surface area contributed by atoms with E-state index in [-0.39, 0.29) is 23.3 Å². The molecule has 0 radical (unpaired) electrons. The van der Waals surface area contributed by atoms with E-state index in [0.717, 1.165) is 16.3 Å². The second-order valence-corrected chi connectivity index (χ2v) is 5.94. The largest absolute Gasteiger partial charge is 0.481 e. The fraction of sp³-hybridized carbons (Fsp3) is 0.267. The normalized spacial score (nSPS) is 11.0. The summed E-state index contributed by atoms with van der Waals surface area (Å²) in [5.41, 5.74) is 1.85. The molecular formula is C15H16F2N6O2S. The number of H-pyrrole nitrogens is 2. The monoisotopic (exact) mass is 382 g/mol. The van der Waals surface area contributed by atoms with Crippen LogP contribution >= 0.6 is 11.9 Å². The van der Waals surface area contributed by atoms with Crippen molar-refractivity contribution in [3.8, 4) is 23.1 Å². The van der Waals surface area contributed by atoms with Gasteiger partial charge in [0.15, 0.2) is 0 Å². The SMILES string of the molecule is COc1nc(NSc2c[nH]c(-c3cnc[nH]3)c2)nc(OC)c1CC(F)F. The van der Waals surface area contributed by atoms with Gasteiger partial charge < -0.3 is 19.4 Å². The Labute approximate surface area is 151 Å². The molecule has 0 unspecified atom stereocenters. The lowest BCUT2D eigenvalue weighted by Crippen LogP contribution is -2.08. The molecule has 0 aliphatic heterocycles. The van der Waals surface area contributed by atoms with Crippen LogP contribution in [0.15, 0.2) is 29.7 Å². The molecule has 0 aromatic carbocycles. The standard InChI is InChI=1S/C15H16F2N6O2S/c1-24-13-9(4-12(16)17)14(25-2)22-15(21-13)23-26-8-3-10(19-5-8)11-6-18-7-20-11/h3,5-7,12,19H,4H2,1-2H3,(H,18,20)(H,21,22,23). The van der Waals surface area contributed by atoms with Gasteiger partial charge in [0.25, 0.3) is 0 Å². The number of aromatic nitrogens is 5. The highest BCUT2D eigenvalue weighted by molar-refractivity contribution is 8.00. The lowest BCUT2D eigenvalue weighted by atomic mass is 10.2. The Bertz CT molecular complexity index is 831. The minimum Gasteiger partial charge on any atom is -0.481 e. The average Bonchev–Trinajstić information content (AvgIpc) is 3.31. The minimum atomic E-state index is -2.56. The maximum absolute atomic E-state index is 12.7. The van der Waals surface area contributed by atoms with E-state index in [1.165, 1.54) is 26.2 Å². The lowest BCUT2D eigenvalue weighted by Gasteiger charge is -2.13. The fourth-order valence-electron chi connectivity index (χ4n) is 2.25. The highest BCUT2D eigenvalue weighted by Crippen LogP contribution is 2.31. The van der Waals surface area contributed by atoms with Crippen molar-refractivity contribution in [1.82, 2.24) is 24.9 Å². The molecule has 0 fully saturated rings. The van der Waals surface area contributed by atoms with Crippen LogP contribution in [0.2, 0.25) is 0 Å². The van der Waals surface area contributed by atoms with Gasteiger partial charge in [0.05, 0.1) is 43.7 Å². The third-order valence-corrected chi connectivity index (χ3v) is 4.14. The summed E-state index contributed by atoms with van der Waals surface area (Å²) in [5.74, 6) is 0.283. The highest BCUT2D eigenvalue weighted by atomic mass is 32.2. The molecule has 26 heavy (non-hydrogen) atoms. The third-order valence-electron chi connectivity index (χ3n) is 3.38. The van der Waals surface area contributed by atoms with Gasteiger partial charge in [0.2, 0.25) is 24.1 Å². The van der Waals surface area contributed by atoms with Crippen molar-refractivity contribution < 1.29 is 18.3 Å². The molecule has 0 saturated heterocycles. The second-order valence-electron chi connectivity index (χ2n) is 5.06. The summed E-state index contributed by atoms with van der Waals surface area (Å²) < 4.78 is 38.6. The van der Waals surface area contributed by atoms with Crippen LogP contribution in [-0.4, -0.2) is 45.6 Å². The van der Waals surface area contributed by atoms with E-state index in [2.05, 4.69) is 29.6 Å².